The maximum atomic E-state index is 13.3. The average Bonchev–Trinajstić information content (AvgIpc) is 3.25. The van der Waals surface area contributed by atoms with Gasteiger partial charge in [-0.1, -0.05) is 36.4 Å². The number of para-hydroxylation sites is 1. The maximum absolute atomic E-state index is 13.3. The number of hydrogen-bond donors (Lipinski definition) is 0. The first-order chi connectivity index (χ1) is 12.1. The second-order valence-electron chi connectivity index (χ2n) is 6.63. The van der Waals surface area contributed by atoms with E-state index in [2.05, 4.69) is 6.58 Å². The average molecular weight is 339 g/mol. The van der Waals surface area contributed by atoms with Gasteiger partial charge in [0.05, 0.1) is 24.7 Å². The molecule has 5 atom stereocenters. The van der Waals surface area contributed by atoms with Gasteiger partial charge >= 0.3 is 5.97 Å². The van der Waals surface area contributed by atoms with Crippen molar-refractivity contribution in [3.8, 4) is 0 Å². The molecule has 1 spiro atoms. The van der Waals surface area contributed by atoms with E-state index in [0.717, 1.165) is 5.69 Å². The minimum absolute atomic E-state index is 0.0806. The van der Waals surface area contributed by atoms with Gasteiger partial charge in [0, 0.05) is 5.69 Å². The van der Waals surface area contributed by atoms with E-state index >= 15 is 0 Å². The number of fused-ring (bicyclic) bond motifs is 1. The fraction of sp³-hybridized carbons (Fsp3) is 0.400. The van der Waals surface area contributed by atoms with E-state index in [-0.39, 0.29) is 24.5 Å². The third-order valence-corrected chi connectivity index (χ3v) is 5.40. The van der Waals surface area contributed by atoms with Crippen LogP contribution in [0.4, 0.5) is 5.69 Å². The van der Waals surface area contributed by atoms with Crippen LogP contribution >= 0.6 is 0 Å². The number of esters is 1. The van der Waals surface area contributed by atoms with E-state index in [9.17, 15) is 9.59 Å². The number of nitrogens with zero attached hydrogens (tertiary/aromatic N) is 1. The first-order valence-electron chi connectivity index (χ1n) is 8.67. The van der Waals surface area contributed by atoms with E-state index in [1.54, 1.807) is 17.9 Å². The molecule has 130 valence electrons. The number of amides is 1. The Morgan fingerprint density at radius 3 is 2.84 bits per heavy atom. The number of carbonyl (C=O) groups is 2. The van der Waals surface area contributed by atoms with Crippen molar-refractivity contribution in [3.63, 3.8) is 0 Å². The van der Waals surface area contributed by atoms with Gasteiger partial charge in [0.25, 0.3) is 0 Å². The lowest BCUT2D eigenvalue weighted by Gasteiger charge is -2.32. The molecule has 3 heterocycles. The number of ether oxygens (including phenoxy) is 2. The topological polar surface area (TPSA) is 55.8 Å². The van der Waals surface area contributed by atoms with Gasteiger partial charge in [0.1, 0.15) is 11.5 Å². The summed E-state index contributed by atoms with van der Waals surface area (Å²) >= 11 is 0. The molecule has 3 aliphatic rings. The quantitative estimate of drug-likeness (QED) is 0.611. The molecular formula is C20H21NO4. The van der Waals surface area contributed by atoms with Crippen LogP contribution in [0.1, 0.15) is 13.3 Å². The van der Waals surface area contributed by atoms with Crippen LogP contribution in [0.2, 0.25) is 0 Å². The number of carbonyl (C=O) groups excluding carboxylic acids is 2. The first kappa shape index (κ1) is 16.1. The van der Waals surface area contributed by atoms with Gasteiger partial charge in [-0.2, -0.15) is 0 Å². The molecule has 2 saturated heterocycles. The summed E-state index contributed by atoms with van der Waals surface area (Å²) in [7, 11) is 0. The molecule has 2 bridgehead atoms. The summed E-state index contributed by atoms with van der Waals surface area (Å²) in [5.41, 5.74) is 0.0228. The Kier molecular flexibility index (Phi) is 3.76. The van der Waals surface area contributed by atoms with Gasteiger partial charge in [-0.15, -0.1) is 6.58 Å². The van der Waals surface area contributed by atoms with E-state index < -0.39 is 23.5 Å². The summed E-state index contributed by atoms with van der Waals surface area (Å²) in [5.74, 6) is -1.57. The summed E-state index contributed by atoms with van der Waals surface area (Å²) in [4.78, 5) is 27.6. The summed E-state index contributed by atoms with van der Waals surface area (Å²) in [6.45, 7) is 5.90. The van der Waals surface area contributed by atoms with E-state index in [0.29, 0.717) is 6.42 Å². The fourth-order valence-corrected chi connectivity index (χ4v) is 4.50. The molecule has 0 aromatic heterocycles. The van der Waals surface area contributed by atoms with Crippen LogP contribution in [0.5, 0.6) is 0 Å². The third kappa shape index (κ3) is 2.12. The standard InChI is InChI=1S/C20H21NO4/c1-3-8-15-20-12-11-14(25-20)16(19(23)24-4-2)17(20)18(22)21(15)13-9-6-5-7-10-13/h3,5-7,9-12,14-17H,1,4,8H2,2H3/t14-,15-,16-,17-,20+/m0/s1. The van der Waals surface area contributed by atoms with Crippen molar-refractivity contribution in [1.29, 1.82) is 0 Å². The van der Waals surface area contributed by atoms with Crippen molar-refractivity contribution in [2.24, 2.45) is 11.8 Å². The Morgan fingerprint density at radius 2 is 2.16 bits per heavy atom. The SMILES string of the molecule is C=CC[C@@H]1N(c2ccccc2)C(=O)[C@@H]2[C@@H](C(=O)OCC)[C@@H]3C=C[C@]21O3. The van der Waals surface area contributed by atoms with Gasteiger partial charge in [-0.25, -0.2) is 0 Å². The fourth-order valence-electron chi connectivity index (χ4n) is 4.50. The largest absolute Gasteiger partial charge is 0.466 e. The molecule has 1 aromatic carbocycles. The Bertz CT molecular complexity index is 743. The highest BCUT2D eigenvalue weighted by atomic mass is 16.6. The molecule has 5 heteroatoms. The molecule has 1 aromatic rings. The molecule has 0 unspecified atom stereocenters. The second kappa shape index (κ2) is 5.85. The van der Waals surface area contributed by atoms with Crippen LogP contribution in [0.25, 0.3) is 0 Å². The molecule has 0 saturated carbocycles. The Morgan fingerprint density at radius 1 is 1.40 bits per heavy atom. The molecule has 1 amide bonds. The molecule has 3 aliphatic heterocycles. The summed E-state index contributed by atoms with van der Waals surface area (Å²) < 4.78 is 11.5. The molecule has 2 fully saturated rings. The zero-order chi connectivity index (χ0) is 17.6. The minimum atomic E-state index is -0.788. The minimum Gasteiger partial charge on any atom is -0.466 e. The molecule has 0 N–H and O–H groups in total. The molecule has 4 rings (SSSR count). The van der Waals surface area contributed by atoms with Gasteiger partial charge in [0.15, 0.2) is 0 Å². The number of anilines is 1. The molecular weight excluding hydrogens is 318 g/mol. The smallest absolute Gasteiger partial charge is 0.312 e. The maximum Gasteiger partial charge on any atom is 0.312 e. The lowest BCUT2D eigenvalue weighted by molar-refractivity contribution is -0.151. The highest BCUT2D eigenvalue weighted by molar-refractivity contribution is 6.03. The van der Waals surface area contributed by atoms with E-state index in [1.165, 1.54) is 0 Å². The van der Waals surface area contributed by atoms with Crippen molar-refractivity contribution in [3.05, 3.63) is 55.1 Å². The lowest BCUT2D eigenvalue weighted by atomic mass is 9.74. The highest BCUT2D eigenvalue weighted by Gasteiger charge is 2.71. The van der Waals surface area contributed by atoms with Gasteiger partial charge in [0.2, 0.25) is 5.91 Å². The predicted molar refractivity (Wildman–Crippen MR) is 92.9 cm³/mol. The number of rotatable bonds is 5. The summed E-state index contributed by atoms with van der Waals surface area (Å²) in [6, 6.07) is 9.30. The third-order valence-electron chi connectivity index (χ3n) is 5.40. The van der Waals surface area contributed by atoms with Crippen molar-refractivity contribution in [2.45, 2.75) is 31.1 Å². The number of benzene rings is 1. The van der Waals surface area contributed by atoms with Crippen molar-refractivity contribution in [2.75, 3.05) is 11.5 Å². The summed E-state index contributed by atoms with van der Waals surface area (Å²) in [6.07, 6.45) is 5.86. The molecule has 25 heavy (non-hydrogen) atoms. The Balaban J connectivity index is 1.79. The predicted octanol–water partition coefficient (Wildman–Crippen LogP) is 2.48. The van der Waals surface area contributed by atoms with Crippen LogP contribution < -0.4 is 4.90 Å². The van der Waals surface area contributed by atoms with E-state index in [4.69, 9.17) is 9.47 Å². The van der Waals surface area contributed by atoms with Gasteiger partial charge in [-0.05, 0) is 25.5 Å². The van der Waals surface area contributed by atoms with Gasteiger partial charge in [-0.3, -0.25) is 9.59 Å². The van der Waals surface area contributed by atoms with Crippen molar-refractivity contribution < 1.29 is 19.1 Å². The molecule has 5 nitrogen and oxygen atoms in total. The van der Waals surface area contributed by atoms with Gasteiger partial charge < -0.3 is 14.4 Å². The van der Waals surface area contributed by atoms with Crippen LogP contribution in [0.3, 0.4) is 0 Å². The van der Waals surface area contributed by atoms with Crippen LogP contribution in [-0.2, 0) is 19.1 Å². The normalized spacial score (nSPS) is 35.1. The zero-order valence-electron chi connectivity index (χ0n) is 14.1. The Labute approximate surface area is 146 Å². The molecule has 0 aliphatic carbocycles. The van der Waals surface area contributed by atoms with Crippen molar-refractivity contribution >= 4 is 17.6 Å². The first-order valence-corrected chi connectivity index (χ1v) is 8.67. The highest BCUT2D eigenvalue weighted by Crippen LogP contribution is 2.56. The second-order valence-corrected chi connectivity index (χ2v) is 6.63. The number of hydrogen-bond acceptors (Lipinski definition) is 4. The zero-order valence-corrected chi connectivity index (χ0v) is 14.1. The monoisotopic (exact) mass is 339 g/mol. The summed E-state index contributed by atoms with van der Waals surface area (Å²) in [5, 5.41) is 0. The van der Waals surface area contributed by atoms with Crippen LogP contribution in [-0.4, -0.2) is 36.2 Å². The van der Waals surface area contributed by atoms with E-state index in [1.807, 2.05) is 42.5 Å². The Hall–Kier alpha value is -2.40. The van der Waals surface area contributed by atoms with Crippen LogP contribution in [0, 0.1) is 11.8 Å². The lowest BCUT2D eigenvalue weighted by Crippen LogP contribution is -2.45. The van der Waals surface area contributed by atoms with Crippen molar-refractivity contribution in [1.82, 2.24) is 0 Å². The van der Waals surface area contributed by atoms with Crippen LogP contribution in [0.15, 0.2) is 55.1 Å². The molecule has 0 radical (unpaired) electrons.